The summed E-state index contributed by atoms with van der Waals surface area (Å²) in [7, 11) is 1.54. The van der Waals surface area contributed by atoms with Crippen LogP contribution in [0.3, 0.4) is 0 Å². The monoisotopic (exact) mass is 197 g/mol. The molecule has 0 amide bonds. The maximum absolute atomic E-state index is 13.7. The fourth-order valence-corrected chi connectivity index (χ4v) is 1.42. The molecule has 0 saturated heterocycles. The minimum atomic E-state index is -0.207. The molecule has 0 aliphatic heterocycles. The second-order valence-electron chi connectivity index (χ2n) is 3.56. The van der Waals surface area contributed by atoms with Crippen LogP contribution in [0.1, 0.15) is 18.1 Å². The maximum atomic E-state index is 13.7. The van der Waals surface area contributed by atoms with Gasteiger partial charge in [-0.15, -0.1) is 0 Å². The highest BCUT2D eigenvalue weighted by Gasteiger charge is 2.12. The summed E-state index contributed by atoms with van der Waals surface area (Å²) in [5.74, 6) is 0.368. The van der Waals surface area contributed by atoms with E-state index in [4.69, 9.17) is 10.5 Å². The number of benzene rings is 1. The minimum absolute atomic E-state index is 0.0693. The molecule has 2 nitrogen and oxygen atoms in total. The van der Waals surface area contributed by atoms with Crippen molar-refractivity contribution in [3.63, 3.8) is 0 Å². The van der Waals surface area contributed by atoms with E-state index in [-0.39, 0.29) is 11.9 Å². The third-order valence-corrected chi connectivity index (χ3v) is 2.14. The zero-order valence-electron chi connectivity index (χ0n) is 8.80. The van der Waals surface area contributed by atoms with E-state index in [1.165, 1.54) is 7.11 Å². The van der Waals surface area contributed by atoms with Crippen LogP contribution in [-0.4, -0.2) is 13.2 Å². The van der Waals surface area contributed by atoms with Crippen molar-refractivity contribution < 1.29 is 9.13 Å². The summed E-state index contributed by atoms with van der Waals surface area (Å²) in [5, 5.41) is 0. The molecular weight excluding hydrogens is 181 g/mol. The Morgan fingerprint density at radius 3 is 2.64 bits per heavy atom. The summed E-state index contributed by atoms with van der Waals surface area (Å²) < 4.78 is 18.8. The van der Waals surface area contributed by atoms with E-state index >= 15 is 0 Å². The van der Waals surface area contributed by atoms with E-state index in [1.807, 2.05) is 6.92 Å². The van der Waals surface area contributed by atoms with Crippen molar-refractivity contribution in [2.45, 2.75) is 26.3 Å². The molecule has 1 unspecified atom stereocenters. The zero-order valence-corrected chi connectivity index (χ0v) is 8.80. The molecule has 78 valence electrons. The summed E-state index contributed by atoms with van der Waals surface area (Å²) >= 11 is 0. The molecule has 0 spiro atoms. The fraction of sp³-hybridized carbons (Fsp3) is 0.455. The average molecular weight is 197 g/mol. The molecule has 2 N–H and O–H groups in total. The normalized spacial score (nSPS) is 12.6. The van der Waals surface area contributed by atoms with Gasteiger partial charge in [-0.05, 0) is 31.9 Å². The lowest BCUT2D eigenvalue weighted by Gasteiger charge is -2.12. The third kappa shape index (κ3) is 2.23. The van der Waals surface area contributed by atoms with Gasteiger partial charge in [0.05, 0.1) is 7.11 Å². The van der Waals surface area contributed by atoms with Gasteiger partial charge in [-0.3, -0.25) is 0 Å². The Hall–Kier alpha value is -1.09. The number of rotatable bonds is 3. The number of hydrogen-bond acceptors (Lipinski definition) is 2. The molecule has 1 atom stereocenters. The maximum Gasteiger partial charge on any atom is 0.133 e. The van der Waals surface area contributed by atoms with Gasteiger partial charge in [0, 0.05) is 11.6 Å². The summed E-state index contributed by atoms with van der Waals surface area (Å²) in [6.45, 7) is 3.58. The van der Waals surface area contributed by atoms with E-state index < -0.39 is 0 Å². The van der Waals surface area contributed by atoms with Gasteiger partial charge < -0.3 is 10.5 Å². The van der Waals surface area contributed by atoms with Crippen molar-refractivity contribution in [3.05, 3.63) is 29.1 Å². The standard InChI is InChI=1S/C11H16FNO/c1-7-4-5-10(14-3)9(11(7)12)6-8(2)13/h4-5,8H,6,13H2,1-3H3. The Morgan fingerprint density at radius 1 is 1.50 bits per heavy atom. The number of methoxy groups -OCH3 is 1. The van der Waals surface area contributed by atoms with E-state index in [0.717, 1.165) is 0 Å². The summed E-state index contributed by atoms with van der Waals surface area (Å²) in [5.41, 5.74) is 6.84. The van der Waals surface area contributed by atoms with Crippen LogP contribution in [0.25, 0.3) is 0 Å². The van der Waals surface area contributed by atoms with Gasteiger partial charge >= 0.3 is 0 Å². The van der Waals surface area contributed by atoms with Crippen LogP contribution in [-0.2, 0) is 6.42 Å². The summed E-state index contributed by atoms with van der Waals surface area (Å²) in [6.07, 6.45) is 0.497. The number of nitrogens with two attached hydrogens (primary N) is 1. The highest BCUT2D eigenvalue weighted by Crippen LogP contribution is 2.24. The molecule has 0 radical (unpaired) electrons. The predicted octanol–water partition coefficient (Wildman–Crippen LogP) is 2.03. The summed E-state index contributed by atoms with van der Waals surface area (Å²) in [6, 6.07) is 3.41. The van der Waals surface area contributed by atoms with Crippen molar-refractivity contribution in [2.75, 3.05) is 7.11 Å². The molecule has 0 aliphatic rings. The molecule has 0 fully saturated rings. The first-order chi connectivity index (χ1) is 6.56. The largest absolute Gasteiger partial charge is 0.496 e. The molecule has 3 heteroatoms. The highest BCUT2D eigenvalue weighted by atomic mass is 19.1. The number of aryl methyl sites for hydroxylation is 1. The molecule has 0 aliphatic carbocycles. The lowest BCUT2D eigenvalue weighted by atomic mass is 10.0. The van der Waals surface area contributed by atoms with Crippen LogP contribution in [0.4, 0.5) is 4.39 Å². The van der Waals surface area contributed by atoms with E-state index in [2.05, 4.69) is 0 Å². The van der Waals surface area contributed by atoms with Gasteiger partial charge in [-0.2, -0.15) is 0 Å². The van der Waals surface area contributed by atoms with Gasteiger partial charge in [0.25, 0.3) is 0 Å². The van der Waals surface area contributed by atoms with Gasteiger partial charge in [0.2, 0.25) is 0 Å². The van der Waals surface area contributed by atoms with E-state index in [1.54, 1.807) is 19.1 Å². The Labute approximate surface area is 83.9 Å². The molecular formula is C11H16FNO. The molecule has 0 saturated carbocycles. The Balaban J connectivity index is 3.14. The van der Waals surface area contributed by atoms with Crippen molar-refractivity contribution in [3.8, 4) is 5.75 Å². The lowest BCUT2D eigenvalue weighted by Crippen LogP contribution is -2.19. The Morgan fingerprint density at radius 2 is 2.14 bits per heavy atom. The van der Waals surface area contributed by atoms with Crippen LogP contribution >= 0.6 is 0 Å². The highest BCUT2D eigenvalue weighted by molar-refractivity contribution is 5.38. The lowest BCUT2D eigenvalue weighted by molar-refractivity contribution is 0.402. The van der Waals surface area contributed by atoms with Crippen LogP contribution < -0.4 is 10.5 Å². The molecule has 1 aromatic carbocycles. The third-order valence-electron chi connectivity index (χ3n) is 2.14. The molecule has 1 rings (SSSR count). The Bertz CT molecular complexity index is 323. The van der Waals surface area contributed by atoms with Crippen LogP contribution in [0.5, 0.6) is 5.75 Å². The second-order valence-corrected chi connectivity index (χ2v) is 3.56. The first-order valence-corrected chi connectivity index (χ1v) is 4.63. The minimum Gasteiger partial charge on any atom is -0.496 e. The Kier molecular flexibility index (Phi) is 3.47. The van der Waals surface area contributed by atoms with Crippen molar-refractivity contribution in [2.24, 2.45) is 5.73 Å². The quantitative estimate of drug-likeness (QED) is 0.804. The second kappa shape index (κ2) is 4.42. The molecule has 1 aromatic rings. The van der Waals surface area contributed by atoms with Crippen molar-refractivity contribution in [1.29, 1.82) is 0 Å². The topological polar surface area (TPSA) is 35.2 Å². The van der Waals surface area contributed by atoms with Gasteiger partial charge in [0.1, 0.15) is 11.6 Å². The van der Waals surface area contributed by atoms with Gasteiger partial charge in [0.15, 0.2) is 0 Å². The van der Waals surface area contributed by atoms with E-state index in [0.29, 0.717) is 23.3 Å². The zero-order chi connectivity index (χ0) is 10.7. The number of halogens is 1. The SMILES string of the molecule is COc1ccc(C)c(F)c1CC(C)N. The van der Waals surface area contributed by atoms with Gasteiger partial charge in [-0.1, -0.05) is 6.07 Å². The summed E-state index contributed by atoms with van der Waals surface area (Å²) in [4.78, 5) is 0. The van der Waals surface area contributed by atoms with Gasteiger partial charge in [-0.25, -0.2) is 4.39 Å². The molecule has 0 aromatic heterocycles. The molecule has 0 heterocycles. The van der Waals surface area contributed by atoms with Crippen LogP contribution in [0.2, 0.25) is 0 Å². The molecule has 14 heavy (non-hydrogen) atoms. The number of ether oxygens (including phenoxy) is 1. The van der Waals surface area contributed by atoms with E-state index in [9.17, 15) is 4.39 Å². The first kappa shape index (κ1) is 11.0. The average Bonchev–Trinajstić information content (AvgIpc) is 2.13. The number of hydrogen-bond donors (Lipinski definition) is 1. The molecule has 0 bridgehead atoms. The van der Waals surface area contributed by atoms with Crippen LogP contribution in [0.15, 0.2) is 12.1 Å². The first-order valence-electron chi connectivity index (χ1n) is 4.63. The predicted molar refractivity (Wildman–Crippen MR) is 55.0 cm³/mol. The fourth-order valence-electron chi connectivity index (χ4n) is 1.42. The van der Waals surface area contributed by atoms with Crippen molar-refractivity contribution >= 4 is 0 Å². The smallest absolute Gasteiger partial charge is 0.133 e. The van der Waals surface area contributed by atoms with Crippen LogP contribution in [0, 0.1) is 12.7 Å². The van der Waals surface area contributed by atoms with Crippen molar-refractivity contribution in [1.82, 2.24) is 0 Å².